The second-order valence-electron chi connectivity index (χ2n) is 4.51. The van der Waals surface area contributed by atoms with Crippen LogP contribution in [0, 0.1) is 0 Å². The van der Waals surface area contributed by atoms with Gasteiger partial charge in [-0.2, -0.15) is 0 Å². The lowest BCUT2D eigenvalue weighted by molar-refractivity contribution is 0.0383. The maximum absolute atomic E-state index is 12.2. The van der Waals surface area contributed by atoms with E-state index in [4.69, 9.17) is 4.74 Å². The minimum absolute atomic E-state index is 0.114. The number of halogens is 1. The molecule has 1 aliphatic rings. The van der Waals surface area contributed by atoms with Gasteiger partial charge in [0.15, 0.2) is 0 Å². The molecule has 0 atom stereocenters. The lowest BCUT2D eigenvalue weighted by Crippen LogP contribution is -2.41. The molecule has 1 amide bonds. The van der Waals surface area contributed by atoms with E-state index >= 15 is 0 Å². The van der Waals surface area contributed by atoms with Crippen molar-refractivity contribution >= 4 is 27.7 Å². The predicted molar refractivity (Wildman–Crippen MR) is 81.1 cm³/mol. The molecule has 7 heteroatoms. The van der Waals surface area contributed by atoms with Gasteiger partial charge in [-0.1, -0.05) is 0 Å². The molecule has 20 heavy (non-hydrogen) atoms. The van der Waals surface area contributed by atoms with Gasteiger partial charge in [-0.25, -0.2) is 4.98 Å². The van der Waals surface area contributed by atoms with Crippen LogP contribution in [0.4, 0.5) is 5.82 Å². The fraction of sp³-hybridized carbons (Fsp3) is 0.538. The van der Waals surface area contributed by atoms with Gasteiger partial charge in [-0.05, 0) is 22.0 Å². The first kappa shape index (κ1) is 15.2. The van der Waals surface area contributed by atoms with Crippen LogP contribution in [-0.4, -0.2) is 62.2 Å². The molecule has 110 valence electrons. The Labute approximate surface area is 127 Å². The molecule has 2 heterocycles. The molecule has 0 aromatic carbocycles. The zero-order valence-electron chi connectivity index (χ0n) is 11.5. The number of hydrogen-bond acceptors (Lipinski definition) is 5. The van der Waals surface area contributed by atoms with Crippen LogP contribution in [0.2, 0.25) is 0 Å². The molecule has 0 spiro atoms. The van der Waals surface area contributed by atoms with Crippen LogP contribution in [0.3, 0.4) is 0 Å². The zero-order valence-corrected chi connectivity index (χ0v) is 13.1. The molecule has 6 nitrogen and oxygen atoms in total. The fourth-order valence-corrected chi connectivity index (χ4v) is 2.39. The molecule has 1 aliphatic heterocycles. The Bertz CT molecular complexity index is 464. The van der Waals surface area contributed by atoms with E-state index in [0.717, 1.165) is 37.3 Å². The van der Waals surface area contributed by atoms with Gasteiger partial charge in [0.25, 0.3) is 5.91 Å². The van der Waals surface area contributed by atoms with E-state index < -0.39 is 0 Å². The van der Waals surface area contributed by atoms with Crippen LogP contribution in [0.15, 0.2) is 16.7 Å². The van der Waals surface area contributed by atoms with E-state index in [1.807, 2.05) is 0 Å². The first-order chi connectivity index (χ1) is 9.70. The second kappa shape index (κ2) is 7.56. The Balaban J connectivity index is 1.86. The molecule has 0 radical (unpaired) electrons. The number of amides is 1. The lowest BCUT2D eigenvalue weighted by Gasteiger charge is -2.26. The maximum atomic E-state index is 12.2. The first-order valence-electron chi connectivity index (χ1n) is 6.62. The number of pyridine rings is 1. The Kier molecular flexibility index (Phi) is 5.75. The van der Waals surface area contributed by atoms with Gasteiger partial charge in [0.2, 0.25) is 0 Å². The smallest absolute Gasteiger partial charge is 0.255 e. The van der Waals surface area contributed by atoms with Crippen LogP contribution in [0.25, 0.3) is 0 Å². The van der Waals surface area contributed by atoms with E-state index in [2.05, 4.69) is 36.4 Å². The third-order valence-corrected chi connectivity index (χ3v) is 3.59. The summed E-state index contributed by atoms with van der Waals surface area (Å²) in [4.78, 5) is 18.6. The van der Waals surface area contributed by atoms with Gasteiger partial charge in [0.05, 0.1) is 18.8 Å². The van der Waals surface area contributed by atoms with E-state index in [0.29, 0.717) is 17.9 Å². The summed E-state index contributed by atoms with van der Waals surface area (Å²) in [5, 5.41) is 5.85. The molecule has 0 bridgehead atoms. The van der Waals surface area contributed by atoms with Gasteiger partial charge in [-0.3, -0.25) is 9.69 Å². The highest BCUT2D eigenvalue weighted by atomic mass is 79.9. The van der Waals surface area contributed by atoms with E-state index in [1.54, 1.807) is 19.3 Å². The molecular weight excluding hydrogens is 324 g/mol. The van der Waals surface area contributed by atoms with Crippen molar-refractivity contribution in [2.45, 2.75) is 0 Å². The highest BCUT2D eigenvalue weighted by molar-refractivity contribution is 9.10. The summed E-state index contributed by atoms with van der Waals surface area (Å²) in [5.74, 6) is 0.466. The van der Waals surface area contributed by atoms with Crippen molar-refractivity contribution in [2.24, 2.45) is 0 Å². The average molecular weight is 343 g/mol. The predicted octanol–water partition coefficient (Wildman–Crippen LogP) is 0.948. The standard InChI is InChI=1S/C13H19BrN4O2/c1-15-12-11(8-10(14)9-17-12)13(19)16-2-3-18-4-6-20-7-5-18/h8-9H,2-7H2,1H3,(H,15,17)(H,16,19). The number of nitrogens with one attached hydrogen (secondary N) is 2. The average Bonchev–Trinajstić information content (AvgIpc) is 2.48. The van der Waals surface area contributed by atoms with Crippen LogP contribution in [-0.2, 0) is 4.74 Å². The summed E-state index contributed by atoms with van der Waals surface area (Å²) in [6.07, 6.45) is 1.66. The monoisotopic (exact) mass is 342 g/mol. The molecule has 1 aromatic rings. The van der Waals surface area contributed by atoms with Gasteiger partial charge >= 0.3 is 0 Å². The lowest BCUT2D eigenvalue weighted by atomic mass is 10.2. The quantitative estimate of drug-likeness (QED) is 0.833. The summed E-state index contributed by atoms with van der Waals surface area (Å²) >= 11 is 3.33. The number of carbonyl (C=O) groups is 1. The zero-order chi connectivity index (χ0) is 14.4. The summed E-state index contributed by atoms with van der Waals surface area (Å²) < 4.78 is 6.08. The highest BCUT2D eigenvalue weighted by Crippen LogP contribution is 2.17. The largest absolute Gasteiger partial charge is 0.379 e. The van der Waals surface area contributed by atoms with Gasteiger partial charge in [-0.15, -0.1) is 0 Å². The van der Waals surface area contributed by atoms with Crippen molar-refractivity contribution in [3.8, 4) is 0 Å². The SMILES string of the molecule is CNc1ncc(Br)cc1C(=O)NCCN1CCOCC1. The molecule has 1 fully saturated rings. The molecule has 0 saturated carbocycles. The van der Waals surface area contributed by atoms with Crippen LogP contribution in [0.1, 0.15) is 10.4 Å². The van der Waals surface area contributed by atoms with Gasteiger partial charge < -0.3 is 15.4 Å². The molecule has 0 aliphatic carbocycles. The topological polar surface area (TPSA) is 66.5 Å². The maximum Gasteiger partial charge on any atom is 0.255 e. The number of hydrogen-bond donors (Lipinski definition) is 2. The fourth-order valence-electron chi connectivity index (χ4n) is 2.06. The Hall–Kier alpha value is -1.18. The van der Waals surface area contributed by atoms with E-state index in [1.165, 1.54) is 0 Å². The Morgan fingerprint density at radius 1 is 1.50 bits per heavy atom. The molecule has 1 saturated heterocycles. The molecule has 2 N–H and O–H groups in total. The van der Waals surface area contributed by atoms with E-state index in [9.17, 15) is 4.79 Å². The van der Waals surface area contributed by atoms with Crippen molar-refractivity contribution in [3.05, 3.63) is 22.3 Å². The van der Waals surface area contributed by atoms with Crippen molar-refractivity contribution in [1.82, 2.24) is 15.2 Å². The van der Waals surface area contributed by atoms with Crippen molar-refractivity contribution in [3.63, 3.8) is 0 Å². The van der Waals surface area contributed by atoms with Crippen molar-refractivity contribution in [2.75, 3.05) is 51.8 Å². The molecule has 0 unspecified atom stereocenters. The number of ether oxygens (including phenoxy) is 1. The number of carbonyl (C=O) groups excluding carboxylic acids is 1. The first-order valence-corrected chi connectivity index (χ1v) is 7.41. The van der Waals surface area contributed by atoms with Crippen LogP contribution < -0.4 is 10.6 Å². The number of morpholine rings is 1. The summed E-state index contributed by atoms with van der Waals surface area (Å²) in [7, 11) is 1.75. The second-order valence-corrected chi connectivity index (χ2v) is 5.43. The highest BCUT2D eigenvalue weighted by Gasteiger charge is 2.14. The number of rotatable bonds is 5. The third kappa shape index (κ3) is 4.16. The molecular formula is C13H19BrN4O2. The molecule has 1 aromatic heterocycles. The minimum atomic E-state index is -0.114. The van der Waals surface area contributed by atoms with Gasteiger partial charge in [0, 0.05) is 43.9 Å². The summed E-state index contributed by atoms with van der Waals surface area (Å²) in [5.41, 5.74) is 0.545. The number of aromatic nitrogens is 1. The Morgan fingerprint density at radius 3 is 2.95 bits per heavy atom. The van der Waals surface area contributed by atoms with E-state index in [-0.39, 0.29) is 5.91 Å². The summed E-state index contributed by atoms with van der Waals surface area (Å²) in [6.45, 7) is 4.85. The number of nitrogens with zero attached hydrogens (tertiary/aromatic N) is 2. The Morgan fingerprint density at radius 2 is 2.25 bits per heavy atom. The minimum Gasteiger partial charge on any atom is -0.379 e. The molecule has 2 rings (SSSR count). The normalized spacial score (nSPS) is 15.9. The van der Waals surface area contributed by atoms with Crippen molar-refractivity contribution < 1.29 is 9.53 Å². The number of anilines is 1. The van der Waals surface area contributed by atoms with Crippen LogP contribution >= 0.6 is 15.9 Å². The van der Waals surface area contributed by atoms with Crippen LogP contribution in [0.5, 0.6) is 0 Å². The summed E-state index contributed by atoms with van der Waals surface area (Å²) in [6, 6.07) is 1.77. The third-order valence-electron chi connectivity index (χ3n) is 3.15. The van der Waals surface area contributed by atoms with Crippen molar-refractivity contribution in [1.29, 1.82) is 0 Å². The van der Waals surface area contributed by atoms with Gasteiger partial charge in [0.1, 0.15) is 5.82 Å².